The minimum atomic E-state index is -2.92. The van der Waals surface area contributed by atoms with E-state index < -0.39 is 9.84 Å². The second-order valence-corrected chi connectivity index (χ2v) is 8.14. The van der Waals surface area contributed by atoms with Crippen molar-refractivity contribution in [3.05, 3.63) is 35.2 Å². The van der Waals surface area contributed by atoms with Gasteiger partial charge in [0.1, 0.15) is 0 Å². The van der Waals surface area contributed by atoms with E-state index in [4.69, 9.17) is 0 Å². The van der Waals surface area contributed by atoms with Crippen molar-refractivity contribution in [1.29, 1.82) is 0 Å². The van der Waals surface area contributed by atoms with Crippen molar-refractivity contribution in [1.82, 2.24) is 4.98 Å². The standard InChI is InChI=1S/C14H14N2O3S2/c17-10-12-13(11-4-2-1-3-5-11)15-14(20-12)16-6-8-21(18,19)9-7-16/h1-5,10H,6-9H2. The van der Waals surface area contributed by atoms with Crippen molar-refractivity contribution < 1.29 is 13.2 Å². The maximum Gasteiger partial charge on any atom is 0.186 e. The Balaban J connectivity index is 1.92. The third kappa shape index (κ3) is 2.98. The summed E-state index contributed by atoms with van der Waals surface area (Å²) < 4.78 is 23.0. The van der Waals surface area contributed by atoms with Crippen molar-refractivity contribution in [3.8, 4) is 11.3 Å². The third-order valence-electron chi connectivity index (χ3n) is 3.41. The van der Waals surface area contributed by atoms with Crippen LogP contribution in [0.2, 0.25) is 0 Å². The van der Waals surface area contributed by atoms with Gasteiger partial charge in [0.15, 0.2) is 21.3 Å². The highest BCUT2D eigenvalue weighted by Crippen LogP contribution is 2.32. The lowest BCUT2D eigenvalue weighted by Crippen LogP contribution is -2.40. The topological polar surface area (TPSA) is 67.3 Å². The van der Waals surface area contributed by atoms with Crippen LogP contribution in [-0.2, 0) is 9.84 Å². The molecule has 1 aromatic carbocycles. The van der Waals surface area contributed by atoms with E-state index in [-0.39, 0.29) is 11.5 Å². The highest BCUT2D eigenvalue weighted by molar-refractivity contribution is 7.91. The predicted octanol–water partition coefficient (Wildman–Crippen LogP) is 1.86. The molecule has 7 heteroatoms. The van der Waals surface area contributed by atoms with Crippen LogP contribution in [0.3, 0.4) is 0 Å². The minimum absolute atomic E-state index is 0.143. The van der Waals surface area contributed by atoms with E-state index in [2.05, 4.69) is 4.98 Å². The Morgan fingerprint density at radius 1 is 1.14 bits per heavy atom. The van der Waals surface area contributed by atoms with Crippen LogP contribution in [0.5, 0.6) is 0 Å². The number of rotatable bonds is 3. The first kappa shape index (κ1) is 14.2. The molecule has 1 aromatic heterocycles. The van der Waals surface area contributed by atoms with E-state index in [1.807, 2.05) is 35.2 Å². The molecule has 0 unspecified atom stereocenters. The Kier molecular flexibility index (Phi) is 3.77. The van der Waals surface area contributed by atoms with Crippen LogP contribution < -0.4 is 4.90 Å². The molecule has 2 aromatic rings. The molecule has 0 saturated carbocycles. The molecule has 1 fully saturated rings. The molecule has 0 aliphatic carbocycles. The molecule has 1 aliphatic rings. The van der Waals surface area contributed by atoms with E-state index >= 15 is 0 Å². The zero-order valence-corrected chi connectivity index (χ0v) is 12.9. The average molecular weight is 322 g/mol. The van der Waals surface area contributed by atoms with Gasteiger partial charge in [0.25, 0.3) is 0 Å². The zero-order valence-electron chi connectivity index (χ0n) is 11.2. The second kappa shape index (κ2) is 5.57. The molecule has 3 rings (SSSR count). The fourth-order valence-corrected chi connectivity index (χ4v) is 4.40. The lowest BCUT2D eigenvalue weighted by Gasteiger charge is -2.25. The molecule has 2 heterocycles. The summed E-state index contributed by atoms with van der Waals surface area (Å²) in [4.78, 5) is 18.3. The number of thiazole rings is 1. The summed E-state index contributed by atoms with van der Waals surface area (Å²) in [5, 5.41) is 0.714. The summed E-state index contributed by atoms with van der Waals surface area (Å²) in [6.45, 7) is 0.866. The van der Waals surface area contributed by atoms with Crippen LogP contribution in [0.1, 0.15) is 9.67 Å². The summed E-state index contributed by atoms with van der Waals surface area (Å²) >= 11 is 1.31. The molecule has 21 heavy (non-hydrogen) atoms. The van der Waals surface area contributed by atoms with Gasteiger partial charge >= 0.3 is 0 Å². The van der Waals surface area contributed by atoms with Crippen LogP contribution in [-0.4, -0.2) is 44.3 Å². The fourth-order valence-electron chi connectivity index (χ4n) is 2.24. The number of aldehydes is 1. The Hall–Kier alpha value is -1.73. The summed E-state index contributed by atoms with van der Waals surface area (Å²) in [5.41, 5.74) is 1.56. The van der Waals surface area contributed by atoms with Gasteiger partial charge in [-0.3, -0.25) is 4.79 Å². The molecule has 0 amide bonds. The number of aromatic nitrogens is 1. The third-order valence-corrected chi connectivity index (χ3v) is 6.06. The summed E-state index contributed by atoms with van der Waals surface area (Å²) in [7, 11) is -2.92. The molecule has 1 aliphatic heterocycles. The van der Waals surface area contributed by atoms with Gasteiger partial charge in [-0.25, -0.2) is 13.4 Å². The minimum Gasteiger partial charge on any atom is -0.346 e. The normalized spacial score (nSPS) is 17.6. The Labute approximate surface area is 127 Å². The van der Waals surface area contributed by atoms with Crippen LogP contribution in [0.4, 0.5) is 5.13 Å². The van der Waals surface area contributed by atoms with Crippen LogP contribution in [0, 0.1) is 0 Å². The van der Waals surface area contributed by atoms with Gasteiger partial charge in [0.2, 0.25) is 0 Å². The van der Waals surface area contributed by atoms with Crippen molar-refractivity contribution in [2.24, 2.45) is 0 Å². The molecular weight excluding hydrogens is 308 g/mol. The summed E-state index contributed by atoms with van der Waals surface area (Å²) in [6, 6.07) is 9.53. The van der Waals surface area contributed by atoms with Gasteiger partial charge < -0.3 is 4.90 Å². The highest BCUT2D eigenvalue weighted by Gasteiger charge is 2.25. The number of nitrogens with zero attached hydrogens (tertiary/aromatic N) is 2. The monoisotopic (exact) mass is 322 g/mol. The molecule has 0 bridgehead atoms. The van der Waals surface area contributed by atoms with Crippen molar-refractivity contribution in [2.45, 2.75) is 0 Å². The van der Waals surface area contributed by atoms with E-state index in [1.54, 1.807) is 0 Å². The van der Waals surface area contributed by atoms with Crippen LogP contribution in [0.25, 0.3) is 11.3 Å². The largest absolute Gasteiger partial charge is 0.346 e. The van der Waals surface area contributed by atoms with E-state index in [1.165, 1.54) is 11.3 Å². The molecule has 5 nitrogen and oxygen atoms in total. The first-order valence-electron chi connectivity index (χ1n) is 6.56. The average Bonchev–Trinajstić information content (AvgIpc) is 2.92. The van der Waals surface area contributed by atoms with Gasteiger partial charge in [-0.2, -0.15) is 0 Å². The molecule has 0 spiro atoms. The maximum atomic E-state index is 11.5. The lowest BCUT2D eigenvalue weighted by molar-refractivity contribution is 0.112. The first-order valence-corrected chi connectivity index (χ1v) is 9.20. The van der Waals surface area contributed by atoms with E-state index in [9.17, 15) is 13.2 Å². The van der Waals surface area contributed by atoms with Crippen molar-refractivity contribution in [3.63, 3.8) is 0 Å². The van der Waals surface area contributed by atoms with E-state index in [0.29, 0.717) is 28.8 Å². The van der Waals surface area contributed by atoms with E-state index in [0.717, 1.165) is 11.8 Å². The van der Waals surface area contributed by atoms with Crippen molar-refractivity contribution in [2.75, 3.05) is 29.5 Å². The molecule has 0 radical (unpaired) electrons. The smallest absolute Gasteiger partial charge is 0.186 e. The molecule has 1 saturated heterocycles. The van der Waals surface area contributed by atoms with Crippen LogP contribution in [0.15, 0.2) is 30.3 Å². The van der Waals surface area contributed by atoms with Crippen molar-refractivity contribution >= 4 is 32.6 Å². The molecule has 0 atom stereocenters. The number of hydrogen-bond acceptors (Lipinski definition) is 6. The maximum absolute atomic E-state index is 11.5. The quantitative estimate of drug-likeness (QED) is 0.807. The number of benzene rings is 1. The lowest BCUT2D eigenvalue weighted by atomic mass is 10.1. The molecular formula is C14H14N2O3S2. The molecule has 110 valence electrons. The first-order chi connectivity index (χ1) is 10.1. The van der Waals surface area contributed by atoms with Gasteiger partial charge in [-0.15, -0.1) is 0 Å². The number of sulfone groups is 1. The number of anilines is 1. The Morgan fingerprint density at radius 2 is 1.81 bits per heavy atom. The highest BCUT2D eigenvalue weighted by atomic mass is 32.2. The van der Waals surface area contributed by atoms with Gasteiger partial charge in [0.05, 0.1) is 22.1 Å². The van der Waals surface area contributed by atoms with Gasteiger partial charge in [0, 0.05) is 18.7 Å². The number of carbonyl (C=O) groups excluding carboxylic acids is 1. The second-order valence-electron chi connectivity index (χ2n) is 4.83. The SMILES string of the molecule is O=Cc1sc(N2CCS(=O)(=O)CC2)nc1-c1ccccc1. The van der Waals surface area contributed by atoms with Gasteiger partial charge in [-0.05, 0) is 0 Å². The van der Waals surface area contributed by atoms with Crippen LogP contribution >= 0.6 is 11.3 Å². The Bertz CT molecular complexity index is 740. The fraction of sp³-hybridized carbons (Fsp3) is 0.286. The van der Waals surface area contributed by atoms with Gasteiger partial charge in [-0.1, -0.05) is 41.7 Å². The summed E-state index contributed by atoms with van der Waals surface area (Å²) in [5.74, 6) is 0.285. The Morgan fingerprint density at radius 3 is 2.43 bits per heavy atom. The number of hydrogen-bond donors (Lipinski definition) is 0. The molecule has 0 N–H and O–H groups in total. The zero-order chi connectivity index (χ0) is 14.9. The summed E-state index contributed by atoms with van der Waals surface area (Å²) in [6.07, 6.45) is 0.810. The predicted molar refractivity (Wildman–Crippen MR) is 83.8 cm³/mol. The number of carbonyl (C=O) groups is 1.